The molecule has 0 saturated heterocycles. The van der Waals surface area contributed by atoms with Crippen molar-refractivity contribution in [2.45, 2.75) is 45.1 Å². The number of nitrogens with zero attached hydrogens (tertiary/aromatic N) is 5. The van der Waals surface area contributed by atoms with E-state index in [9.17, 15) is 14.3 Å². The predicted octanol–water partition coefficient (Wildman–Crippen LogP) is 3.08. The third-order valence-corrected chi connectivity index (χ3v) is 6.56. The molecule has 9 nitrogen and oxygen atoms in total. The van der Waals surface area contributed by atoms with Crippen LogP contribution >= 0.6 is 0 Å². The number of aromatic amines is 1. The lowest BCUT2D eigenvalue weighted by atomic mass is 9.85. The van der Waals surface area contributed by atoms with E-state index in [1.165, 1.54) is 12.4 Å². The Morgan fingerprint density at radius 2 is 2.00 bits per heavy atom. The second kappa shape index (κ2) is 8.86. The Bertz CT molecular complexity index is 1160. The highest BCUT2D eigenvalue weighted by molar-refractivity contribution is 6.00. The van der Waals surface area contributed by atoms with E-state index >= 15 is 0 Å². The number of aryl methyl sites for hydroxylation is 1. The lowest BCUT2D eigenvalue weighted by molar-refractivity contribution is -0.117. The zero-order valence-electron chi connectivity index (χ0n) is 18.4. The van der Waals surface area contributed by atoms with E-state index in [4.69, 9.17) is 4.98 Å². The molecule has 3 aromatic rings. The number of nitrogens with one attached hydrogen (secondary N) is 2. The Labute approximate surface area is 190 Å². The molecule has 1 amide bonds. The van der Waals surface area contributed by atoms with Gasteiger partial charge in [-0.2, -0.15) is 5.10 Å². The van der Waals surface area contributed by atoms with E-state index in [0.29, 0.717) is 46.7 Å². The zero-order valence-corrected chi connectivity index (χ0v) is 18.4. The van der Waals surface area contributed by atoms with Gasteiger partial charge < -0.3 is 10.4 Å². The predicted molar refractivity (Wildman–Crippen MR) is 121 cm³/mol. The molecule has 3 heterocycles. The molecule has 0 spiro atoms. The van der Waals surface area contributed by atoms with Crippen molar-refractivity contribution in [3.05, 3.63) is 36.0 Å². The molecule has 2 aliphatic rings. The fourth-order valence-corrected chi connectivity index (χ4v) is 4.64. The van der Waals surface area contributed by atoms with Gasteiger partial charge in [-0.05, 0) is 62.6 Å². The van der Waals surface area contributed by atoms with Gasteiger partial charge in [-0.3, -0.25) is 14.8 Å². The van der Waals surface area contributed by atoms with Gasteiger partial charge in [0.05, 0.1) is 30.1 Å². The van der Waals surface area contributed by atoms with Crippen molar-refractivity contribution in [2.24, 2.45) is 5.92 Å². The third kappa shape index (κ3) is 4.30. The second-order valence-corrected chi connectivity index (χ2v) is 8.77. The largest absolute Gasteiger partial charge is 0.393 e. The summed E-state index contributed by atoms with van der Waals surface area (Å²) >= 11 is 0. The maximum atomic E-state index is 14.9. The van der Waals surface area contributed by atoms with Crippen molar-refractivity contribution in [1.29, 1.82) is 0 Å². The standard InChI is InChI=1S/C23H26FN7O2/c1-13-8-17(21-27-12-28-30-21)18(24)9-16(13)19-10-25-22-23(29-19)31(20(33)11-26-22)7-6-14-2-4-15(32)5-3-14/h8-10,12,14-15,32H,2-7,11H2,1H3,(H,25,26)(H,27,28,30). The number of rotatable bonds is 5. The van der Waals surface area contributed by atoms with Crippen LogP contribution in [0, 0.1) is 18.7 Å². The lowest BCUT2D eigenvalue weighted by Gasteiger charge is -2.31. The van der Waals surface area contributed by atoms with Crippen molar-refractivity contribution >= 4 is 17.5 Å². The Hall–Kier alpha value is -3.40. The van der Waals surface area contributed by atoms with E-state index < -0.39 is 5.82 Å². The summed E-state index contributed by atoms with van der Waals surface area (Å²) in [5, 5.41) is 19.2. The third-order valence-electron chi connectivity index (χ3n) is 6.56. The smallest absolute Gasteiger partial charge is 0.247 e. The number of anilines is 2. The summed E-state index contributed by atoms with van der Waals surface area (Å²) in [5.41, 5.74) is 2.23. The maximum Gasteiger partial charge on any atom is 0.247 e. The first kappa shape index (κ1) is 21.4. The van der Waals surface area contributed by atoms with Gasteiger partial charge in [0.2, 0.25) is 5.91 Å². The van der Waals surface area contributed by atoms with E-state index in [-0.39, 0.29) is 18.6 Å². The van der Waals surface area contributed by atoms with Gasteiger partial charge in [0, 0.05) is 12.1 Å². The summed E-state index contributed by atoms with van der Waals surface area (Å²) in [4.78, 5) is 27.6. The molecule has 0 atom stereocenters. The number of benzene rings is 1. The van der Waals surface area contributed by atoms with Crippen molar-refractivity contribution in [3.8, 4) is 22.6 Å². The van der Waals surface area contributed by atoms with Crippen LogP contribution in [-0.2, 0) is 4.79 Å². The molecular weight excluding hydrogens is 425 g/mol. The van der Waals surface area contributed by atoms with Crippen molar-refractivity contribution in [2.75, 3.05) is 23.3 Å². The van der Waals surface area contributed by atoms with Gasteiger partial charge in [0.25, 0.3) is 0 Å². The molecule has 1 aromatic carbocycles. The molecule has 33 heavy (non-hydrogen) atoms. The van der Waals surface area contributed by atoms with Gasteiger partial charge in [0.15, 0.2) is 17.5 Å². The van der Waals surface area contributed by atoms with Gasteiger partial charge in [-0.25, -0.2) is 19.3 Å². The molecule has 0 radical (unpaired) electrons. The fourth-order valence-electron chi connectivity index (χ4n) is 4.64. The number of aliphatic hydroxyl groups is 1. The van der Waals surface area contributed by atoms with Gasteiger partial charge in [0.1, 0.15) is 12.1 Å². The highest BCUT2D eigenvalue weighted by Gasteiger charge is 2.29. The fraction of sp³-hybridized carbons (Fsp3) is 0.435. The van der Waals surface area contributed by atoms with E-state index in [1.54, 1.807) is 17.2 Å². The lowest BCUT2D eigenvalue weighted by Crippen LogP contribution is -2.42. The van der Waals surface area contributed by atoms with Crippen molar-refractivity contribution in [1.82, 2.24) is 25.1 Å². The van der Waals surface area contributed by atoms with Gasteiger partial charge in [-0.15, -0.1) is 0 Å². The Morgan fingerprint density at radius 3 is 2.76 bits per heavy atom. The Balaban J connectivity index is 1.42. The van der Waals surface area contributed by atoms with E-state index in [2.05, 4.69) is 25.5 Å². The number of fused-ring (bicyclic) bond motifs is 1. The topological polar surface area (TPSA) is 120 Å². The van der Waals surface area contributed by atoms with Crippen LogP contribution in [0.25, 0.3) is 22.6 Å². The number of hydrogen-bond donors (Lipinski definition) is 3. The number of halogens is 1. The minimum atomic E-state index is -0.447. The number of aromatic nitrogens is 5. The Kier molecular flexibility index (Phi) is 5.76. The van der Waals surface area contributed by atoms with E-state index in [0.717, 1.165) is 37.7 Å². The molecule has 1 saturated carbocycles. The molecular formula is C23H26FN7O2. The normalized spacial score (nSPS) is 20.5. The summed E-state index contributed by atoms with van der Waals surface area (Å²) in [6.45, 7) is 2.59. The molecule has 1 fully saturated rings. The summed E-state index contributed by atoms with van der Waals surface area (Å²) < 4.78 is 14.9. The zero-order chi connectivity index (χ0) is 22.9. The molecule has 2 aromatic heterocycles. The molecule has 172 valence electrons. The minimum absolute atomic E-state index is 0.0617. The van der Waals surface area contributed by atoms with Crippen LogP contribution in [0.2, 0.25) is 0 Å². The number of hydrogen-bond acceptors (Lipinski definition) is 7. The van der Waals surface area contributed by atoms with Crippen LogP contribution in [-0.4, -0.2) is 55.4 Å². The van der Waals surface area contributed by atoms with Crippen LogP contribution in [0.3, 0.4) is 0 Å². The number of aliphatic hydroxyl groups excluding tert-OH is 1. The number of carbonyl (C=O) groups excluding carboxylic acids is 1. The van der Waals surface area contributed by atoms with Gasteiger partial charge >= 0.3 is 0 Å². The average Bonchev–Trinajstić information content (AvgIpc) is 3.35. The van der Waals surface area contributed by atoms with Crippen LogP contribution in [0.4, 0.5) is 16.0 Å². The van der Waals surface area contributed by atoms with Crippen molar-refractivity contribution in [3.63, 3.8) is 0 Å². The van der Waals surface area contributed by atoms with Crippen LogP contribution in [0.15, 0.2) is 24.7 Å². The summed E-state index contributed by atoms with van der Waals surface area (Å²) in [6, 6.07) is 3.12. The first-order valence-electron chi connectivity index (χ1n) is 11.2. The minimum Gasteiger partial charge on any atom is -0.393 e. The molecule has 10 heteroatoms. The summed E-state index contributed by atoms with van der Waals surface area (Å²) in [7, 11) is 0. The molecule has 3 N–H and O–H groups in total. The van der Waals surface area contributed by atoms with Crippen molar-refractivity contribution < 1.29 is 14.3 Å². The molecule has 5 rings (SSSR count). The quantitative estimate of drug-likeness (QED) is 0.545. The monoisotopic (exact) mass is 451 g/mol. The first-order valence-corrected chi connectivity index (χ1v) is 11.2. The van der Waals surface area contributed by atoms with Crippen LogP contribution in [0.5, 0.6) is 0 Å². The second-order valence-electron chi connectivity index (χ2n) is 8.77. The molecule has 1 aliphatic heterocycles. The number of carbonyl (C=O) groups is 1. The number of H-pyrrole nitrogens is 1. The highest BCUT2D eigenvalue weighted by atomic mass is 19.1. The Morgan fingerprint density at radius 1 is 1.18 bits per heavy atom. The SMILES string of the molecule is Cc1cc(-c2ncn[nH]2)c(F)cc1-c1cnc2c(n1)N(CCC1CCC(O)CC1)C(=O)CN2. The van der Waals surface area contributed by atoms with Crippen LogP contribution < -0.4 is 10.2 Å². The molecule has 0 bridgehead atoms. The summed E-state index contributed by atoms with van der Waals surface area (Å²) in [5.74, 6) is 1.35. The van der Waals surface area contributed by atoms with Crippen LogP contribution in [0.1, 0.15) is 37.7 Å². The molecule has 0 unspecified atom stereocenters. The number of amides is 1. The van der Waals surface area contributed by atoms with Gasteiger partial charge in [-0.1, -0.05) is 0 Å². The average molecular weight is 452 g/mol. The maximum absolute atomic E-state index is 14.9. The van der Waals surface area contributed by atoms with E-state index in [1.807, 2.05) is 6.92 Å². The summed E-state index contributed by atoms with van der Waals surface area (Å²) in [6.07, 6.45) is 7.15. The highest BCUT2D eigenvalue weighted by Crippen LogP contribution is 2.34. The molecule has 1 aliphatic carbocycles. The first-order chi connectivity index (χ1) is 16.0.